The smallest absolute Gasteiger partial charge is 0.241 e. The lowest BCUT2D eigenvalue weighted by Gasteiger charge is -2.23. The van der Waals surface area contributed by atoms with Crippen LogP contribution in [0.3, 0.4) is 0 Å². The van der Waals surface area contributed by atoms with Gasteiger partial charge in [0.05, 0.1) is 5.60 Å². The highest BCUT2D eigenvalue weighted by atomic mass is 16.5. The number of aromatic nitrogens is 5. The van der Waals surface area contributed by atoms with Crippen LogP contribution < -0.4 is 11.1 Å². The van der Waals surface area contributed by atoms with Gasteiger partial charge in [-0.15, -0.1) is 0 Å². The average molecular weight is 275 g/mol. The van der Waals surface area contributed by atoms with Crippen molar-refractivity contribution >= 4 is 11.9 Å². The second kappa shape index (κ2) is 5.04. The van der Waals surface area contributed by atoms with E-state index in [0.717, 1.165) is 19.4 Å². The first-order chi connectivity index (χ1) is 9.65. The van der Waals surface area contributed by atoms with E-state index in [1.54, 1.807) is 23.3 Å². The number of nitrogen functional groups attached to an aromatic ring is 1. The third-order valence-corrected chi connectivity index (χ3v) is 3.30. The van der Waals surface area contributed by atoms with Crippen molar-refractivity contribution < 1.29 is 4.74 Å². The fourth-order valence-electron chi connectivity index (χ4n) is 2.19. The fraction of sp³-hybridized carbons (Fsp3) is 0.500. The molecule has 0 spiro atoms. The molecule has 3 rings (SSSR count). The molecule has 2 aromatic heterocycles. The summed E-state index contributed by atoms with van der Waals surface area (Å²) in [5.41, 5.74) is 5.54. The van der Waals surface area contributed by atoms with E-state index in [1.807, 2.05) is 0 Å². The summed E-state index contributed by atoms with van der Waals surface area (Å²) in [5.74, 6) is 1.05. The van der Waals surface area contributed by atoms with Crippen LogP contribution in [0.15, 0.2) is 18.7 Å². The summed E-state index contributed by atoms with van der Waals surface area (Å²) in [7, 11) is 0. The molecule has 106 valence electrons. The minimum absolute atomic E-state index is 0.170. The van der Waals surface area contributed by atoms with Crippen molar-refractivity contribution in [1.29, 1.82) is 0 Å². The summed E-state index contributed by atoms with van der Waals surface area (Å²) < 4.78 is 7.39. The number of nitrogens with two attached hydrogens (primary N) is 1. The molecule has 0 amide bonds. The number of anilines is 2. The molecule has 2 aromatic rings. The topological polar surface area (TPSA) is 104 Å². The average Bonchev–Trinajstić information content (AvgIpc) is 3.08. The second-order valence-corrected chi connectivity index (χ2v) is 5.04. The van der Waals surface area contributed by atoms with Gasteiger partial charge in [-0.05, 0) is 19.8 Å². The van der Waals surface area contributed by atoms with Crippen molar-refractivity contribution in [2.24, 2.45) is 0 Å². The SMILES string of the molecule is CC1(CNc2nc(N)nc(-n3ccnc3)n2)CCCO1. The Balaban J connectivity index is 1.76. The predicted molar refractivity (Wildman–Crippen MR) is 73.4 cm³/mol. The zero-order valence-corrected chi connectivity index (χ0v) is 11.3. The zero-order chi connectivity index (χ0) is 14.0. The van der Waals surface area contributed by atoms with Crippen LogP contribution in [0.25, 0.3) is 5.95 Å². The molecule has 0 aromatic carbocycles. The minimum atomic E-state index is -0.170. The highest BCUT2D eigenvalue weighted by Gasteiger charge is 2.29. The number of nitrogens with zero attached hydrogens (tertiary/aromatic N) is 5. The van der Waals surface area contributed by atoms with Crippen LogP contribution in [-0.2, 0) is 4.74 Å². The standard InChI is InChI=1S/C12H17N7O/c1-12(3-2-6-20-12)7-15-10-16-9(13)17-11(18-10)19-5-4-14-8-19/h4-5,8H,2-3,6-7H2,1H3,(H3,13,15,16,17,18). The molecule has 0 radical (unpaired) electrons. The molecule has 20 heavy (non-hydrogen) atoms. The molecular weight excluding hydrogens is 258 g/mol. The summed E-state index contributed by atoms with van der Waals surface area (Å²) in [5, 5.41) is 3.17. The van der Waals surface area contributed by atoms with Crippen molar-refractivity contribution in [3.8, 4) is 5.95 Å². The largest absolute Gasteiger partial charge is 0.373 e. The number of hydrogen-bond acceptors (Lipinski definition) is 7. The van der Waals surface area contributed by atoms with Crippen LogP contribution in [0, 0.1) is 0 Å². The van der Waals surface area contributed by atoms with Crippen molar-refractivity contribution in [3.63, 3.8) is 0 Å². The molecular formula is C12H17N7O. The number of rotatable bonds is 4. The Labute approximate surface area is 116 Å². The van der Waals surface area contributed by atoms with Gasteiger partial charge in [0, 0.05) is 25.5 Å². The summed E-state index contributed by atoms with van der Waals surface area (Å²) in [6.07, 6.45) is 7.12. The van der Waals surface area contributed by atoms with Gasteiger partial charge < -0.3 is 15.8 Å². The molecule has 1 saturated heterocycles. The van der Waals surface area contributed by atoms with Gasteiger partial charge in [-0.25, -0.2) is 4.98 Å². The first kappa shape index (κ1) is 12.8. The van der Waals surface area contributed by atoms with E-state index < -0.39 is 0 Å². The molecule has 1 fully saturated rings. The third-order valence-electron chi connectivity index (χ3n) is 3.30. The lowest BCUT2D eigenvalue weighted by Crippen LogP contribution is -2.33. The number of hydrogen-bond donors (Lipinski definition) is 2. The quantitative estimate of drug-likeness (QED) is 0.842. The number of nitrogens with one attached hydrogen (secondary N) is 1. The highest BCUT2D eigenvalue weighted by molar-refractivity contribution is 5.35. The molecule has 1 aliphatic heterocycles. The maximum atomic E-state index is 5.71. The fourth-order valence-corrected chi connectivity index (χ4v) is 2.19. The predicted octanol–water partition coefficient (Wildman–Crippen LogP) is 0.620. The molecule has 1 unspecified atom stereocenters. The molecule has 8 heteroatoms. The lowest BCUT2D eigenvalue weighted by atomic mass is 10.0. The van der Waals surface area contributed by atoms with Crippen molar-refractivity contribution in [2.75, 3.05) is 24.2 Å². The highest BCUT2D eigenvalue weighted by Crippen LogP contribution is 2.25. The lowest BCUT2D eigenvalue weighted by molar-refractivity contribution is 0.0314. The molecule has 3 heterocycles. The van der Waals surface area contributed by atoms with Gasteiger partial charge >= 0.3 is 0 Å². The molecule has 0 saturated carbocycles. The third kappa shape index (κ3) is 2.69. The summed E-state index contributed by atoms with van der Waals surface area (Å²) in [4.78, 5) is 16.5. The van der Waals surface area contributed by atoms with Gasteiger partial charge in [0.2, 0.25) is 17.8 Å². The Morgan fingerprint density at radius 1 is 1.45 bits per heavy atom. The van der Waals surface area contributed by atoms with Gasteiger partial charge in [0.15, 0.2) is 0 Å². The Bertz CT molecular complexity index is 577. The molecule has 1 atom stereocenters. The summed E-state index contributed by atoms with van der Waals surface area (Å²) in [6.45, 7) is 3.52. The van der Waals surface area contributed by atoms with Gasteiger partial charge in [-0.1, -0.05) is 0 Å². The Hall–Kier alpha value is -2.22. The Morgan fingerprint density at radius 3 is 3.05 bits per heavy atom. The van der Waals surface area contributed by atoms with Crippen molar-refractivity contribution in [2.45, 2.75) is 25.4 Å². The van der Waals surface area contributed by atoms with Crippen LogP contribution in [0.1, 0.15) is 19.8 Å². The first-order valence-corrected chi connectivity index (χ1v) is 6.52. The number of imidazole rings is 1. The Kier molecular flexibility index (Phi) is 3.23. The van der Waals surface area contributed by atoms with Crippen LogP contribution in [0.4, 0.5) is 11.9 Å². The first-order valence-electron chi connectivity index (χ1n) is 6.52. The van der Waals surface area contributed by atoms with E-state index in [0.29, 0.717) is 18.4 Å². The molecule has 1 aliphatic rings. The van der Waals surface area contributed by atoms with E-state index in [1.165, 1.54) is 0 Å². The van der Waals surface area contributed by atoms with E-state index in [-0.39, 0.29) is 11.5 Å². The van der Waals surface area contributed by atoms with Gasteiger partial charge in [-0.2, -0.15) is 15.0 Å². The molecule has 0 aliphatic carbocycles. The van der Waals surface area contributed by atoms with E-state index in [9.17, 15) is 0 Å². The number of ether oxygens (including phenoxy) is 1. The molecule has 8 nitrogen and oxygen atoms in total. The van der Waals surface area contributed by atoms with Gasteiger partial charge in [0.1, 0.15) is 6.33 Å². The second-order valence-electron chi connectivity index (χ2n) is 5.04. The van der Waals surface area contributed by atoms with Crippen molar-refractivity contribution in [3.05, 3.63) is 18.7 Å². The maximum absolute atomic E-state index is 5.71. The molecule has 3 N–H and O–H groups in total. The normalized spacial score (nSPS) is 22.1. The van der Waals surface area contributed by atoms with E-state index in [2.05, 4.69) is 32.2 Å². The van der Waals surface area contributed by atoms with Crippen LogP contribution in [0.2, 0.25) is 0 Å². The van der Waals surface area contributed by atoms with E-state index >= 15 is 0 Å². The maximum Gasteiger partial charge on any atom is 0.241 e. The van der Waals surface area contributed by atoms with Gasteiger partial charge in [0.25, 0.3) is 0 Å². The summed E-state index contributed by atoms with van der Waals surface area (Å²) in [6, 6.07) is 0. The van der Waals surface area contributed by atoms with Crippen LogP contribution in [0.5, 0.6) is 0 Å². The monoisotopic (exact) mass is 275 g/mol. The van der Waals surface area contributed by atoms with Crippen molar-refractivity contribution in [1.82, 2.24) is 24.5 Å². The Morgan fingerprint density at radius 2 is 2.35 bits per heavy atom. The summed E-state index contributed by atoms with van der Waals surface area (Å²) >= 11 is 0. The van der Waals surface area contributed by atoms with Gasteiger partial charge in [-0.3, -0.25) is 4.57 Å². The van der Waals surface area contributed by atoms with Crippen LogP contribution >= 0.6 is 0 Å². The molecule has 0 bridgehead atoms. The zero-order valence-electron chi connectivity index (χ0n) is 11.3. The minimum Gasteiger partial charge on any atom is -0.373 e. The van der Waals surface area contributed by atoms with E-state index in [4.69, 9.17) is 10.5 Å². The van der Waals surface area contributed by atoms with Crippen LogP contribution in [-0.4, -0.2) is 43.3 Å².